The highest BCUT2D eigenvalue weighted by molar-refractivity contribution is 7.99. The largest absolute Gasteiger partial charge is 0.493 e. The van der Waals surface area contributed by atoms with Crippen molar-refractivity contribution < 1.29 is 24.1 Å². The van der Waals surface area contributed by atoms with E-state index in [1.807, 2.05) is 24.3 Å². The van der Waals surface area contributed by atoms with Crippen LogP contribution in [-0.2, 0) is 10.2 Å². The van der Waals surface area contributed by atoms with Crippen LogP contribution in [0.4, 0.5) is 0 Å². The van der Waals surface area contributed by atoms with Gasteiger partial charge in [-0.15, -0.1) is 11.8 Å². The van der Waals surface area contributed by atoms with Crippen molar-refractivity contribution in [3.63, 3.8) is 0 Å². The van der Waals surface area contributed by atoms with Gasteiger partial charge in [0.15, 0.2) is 11.5 Å². The Morgan fingerprint density at radius 1 is 1.10 bits per heavy atom. The molecule has 2 unspecified atom stereocenters. The number of hydrogen-bond donors (Lipinski definition) is 2. The normalized spacial score (nSPS) is 18.6. The molecular formula is C24H31NO5S. The topological polar surface area (TPSA) is 77.0 Å². The minimum atomic E-state index is -0.831. The van der Waals surface area contributed by atoms with Crippen molar-refractivity contribution in [2.75, 3.05) is 26.1 Å². The molecular weight excluding hydrogens is 414 g/mol. The first kappa shape index (κ1) is 23.3. The van der Waals surface area contributed by atoms with Crippen molar-refractivity contribution in [1.29, 1.82) is 0 Å². The van der Waals surface area contributed by atoms with Crippen molar-refractivity contribution >= 4 is 17.7 Å². The molecule has 2 N–H and O–H groups in total. The standard InChI is InChI=1S/C24H31NO5S/c1-15-6-8-19(17(12-15)24(2,3)4)29-10-11-30-21-13-16(7-9-20(21)28-5)22-25-18(14-31-22)23(26)27/h6-9,12-13,18,22,25H,10-11,14H2,1-5H3,(H,26,27). The van der Waals surface area contributed by atoms with E-state index >= 15 is 0 Å². The molecule has 6 nitrogen and oxygen atoms in total. The summed E-state index contributed by atoms with van der Waals surface area (Å²) in [7, 11) is 1.60. The summed E-state index contributed by atoms with van der Waals surface area (Å²) in [4.78, 5) is 11.2. The maximum atomic E-state index is 11.2. The van der Waals surface area contributed by atoms with Crippen molar-refractivity contribution in [2.24, 2.45) is 0 Å². The molecule has 168 valence electrons. The molecule has 1 aliphatic rings. The van der Waals surface area contributed by atoms with Crippen molar-refractivity contribution in [3.05, 3.63) is 53.1 Å². The van der Waals surface area contributed by atoms with E-state index in [1.54, 1.807) is 18.9 Å². The first-order chi connectivity index (χ1) is 14.7. The molecule has 2 aromatic carbocycles. The number of carboxylic acid groups (broad SMARTS) is 1. The number of methoxy groups -OCH3 is 1. The molecule has 2 aromatic rings. The van der Waals surface area contributed by atoms with E-state index in [0.717, 1.165) is 11.3 Å². The first-order valence-electron chi connectivity index (χ1n) is 10.3. The van der Waals surface area contributed by atoms with Crippen LogP contribution in [-0.4, -0.2) is 43.2 Å². The third-order valence-corrected chi connectivity index (χ3v) is 6.38. The Morgan fingerprint density at radius 2 is 1.77 bits per heavy atom. The lowest BCUT2D eigenvalue weighted by Gasteiger charge is -2.23. The quantitative estimate of drug-likeness (QED) is 0.577. The van der Waals surface area contributed by atoms with Gasteiger partial charge >= 0.3 is 5.97 Å². The number of thioether (sulfide) groups is 1. The van der Waals surface area contributed by atoms with Crippen LogP contribution in [0.15, 0.2) is 36.4 Å². The van der Waals surface area contributed by atoms with Crippen LogP contribution in [0.1, 0.15) is 42.8 Å². The van der Waals surface area contributed by atoms with Gasteiger partial charge in [0.2, 0.25) is 0 Å². The van der Waals surface area contributed by atoms with Gasteiger partial charge in [-0.2, -0.15) is 0 Å². The second kappa shape index (κ2) is 9.83. The fourth-order valence-corrected chi connectivity index (χ4v) is 4.66. The maximum Gasteiger partial charge on any atom is 0.321 e. The first-order valence-corrected chi connectivity index (χ1v) is 11.4. The third kappa shape index (κ3) is 5.86. The van der Waals surface area contributed by atoms with Gasteiger partial charge in [-0.05, 0) is 41.7 Å². The van der Waals surface area contributed by atoms with Crippen LogP contribution in [0, 0.1) is 6.92 Å². The molecule has 0 bridgehead atoms. The van der Waals surface area contributed by atoms with E-state index < -0.39 is 12.0 Å². The molecule has 3 rings (SSSR count). The lowest BCUT2D eigenvalue weighted by molar-refractivity contribution is -0.138. The predicted octanol–water partition coefficient (Wildman–Crippen LogP) is 4.55. The Morgan fingerprint density at radius 3 is 2.39 bits per heavy atom. The molecule has 0 aliphatic carbocycles. The number of benzene rings is 2. The summed E-state index contributed by atoms with van der Waals surface area (Å²) in [6.07, 6.45) is 0. The van der Waals surface area contributed by atoms with Gasteiger partial charge in [-0.1, -0.05) is 44.5 Å². The average molecular weight is 446 g/mol. The van der Waals surface area contributed by atoms with E-state index in [0.29, 0.717) is 30.5 Å². The molecule has 0 saturated carbocycles. The SMILES string of the molecule is COc1ccc(C2NC(C(=O)O)CS2)cc1OCCOc1ccc(C)cc1C(C)(C)C. The molecule has 7 heteroatoms. The van der Waals surface area contributed by atoms with Crippen molar-refractivity contribution in [3.8, 4) is 17.2 Å². The zero-order chi connectivity index (χ0) is 22.6. The number of carbonyl (C=O) groups is 1. The summed E-state index contributed by atoms with van der Waals surface area (Å²) in [5.41, 5.74) is 3.32. The molecule has 1 aliphatic heterocycles. The second-order valence-electron chi connectivity index (χ2n) is 8.63. The monoisotopic (exact) mass is 445 g/mol. The second-order valence-corrected chi connectivity index (χ2v) is 9.77. The van der Waals surface area contributed by atoms with Gasteiger partial charge in [0, 0.05) is 5.75 Å². The van der Waals surface area contributed by atoms with Crippen LogP contribution in [0.5, 0.6) is 17.2 Å². The number of aliphatic carboxylic acids is 1. The number of aryl methyl sites for hydroxylation is 1. The molecule has 0 radical (unpaired) electrons. The highest BCUT2D eigenvalue weighted by Gasteiger charge is 2.30. The molecule has 1 heterocycles. The Hall–Kier alpha value is -2.38. The van der Waals surface area contributed by atoms with E-state index in [9.17, 15) is 9.90 Å². The van der Waals surface area contributed by atoms with E-state index in [-0.39, 0.29) is 10.8 Å². The Balaban J connectivity index is 1.64. The number of rotatable bonds is 8. The fraction of sp³-hybridized carbons (Fsp3) is 0.458. The van der Waals surface area contributed by atoms with Gasteiger partial charge in [0.05, 0.1) is 12.5 Å². The lowest BCUT2D eigenvalue weighted by Crippen LogP contribution is -2.33. The average Bonchev–Trinajstić information content (AvgIpc) is 3.22. The van der Waals surface area contributed by atoms with Crippen LogP contribution in [0.2, 0.25) is 0 Å². The van der Waals surface area contributed by atoms with Gasteiger partial charge in [-0.3, -0.25) is 10.1 Å². The third-order valence-electron chi connectivity index (χ3n) is 5.11. The zero-order valence-electron chi connectivity index (χ0n) is 18.7. The zero-order valence-corrected chi connectivity index (χ0v) is 19.5. The van der Waals surface area contributed by atoms with E-state index in [1.165, 1.54) is 11.1 Å². The van der Waals surface area contributed by atoms with Gasteiger partial charge in [-0.25, -0.2) is 0 Å². The molecule has 1 fully saturated rings. The minimum Gasteiger partial charge on any atom is -0.493 e. The van der Waals surface area contributed by atoms with Crippen LogP contribution in [0.3, 0.4) is 0 Å². The summed E-state index contributed by atoms with van der Waals surface area (Å²) in [5, 5.41) is 12.2. The maximum absolute atomic E-state index is 11.2. The van der Waals surface area contributed by atoms with Gasteiger partial charge in [0.1, 0.15) is 25.0 Å². The molecule has 31 heavy (non-hydrogen) atoms. The number of ether oxygens (including phenoxy) is 3. The fourth-order valence-electron chi connectivity index (χ4n) is 3.43. The van der Waals surface area contributed by atoms with Crippen molar-refractivity contribution in [1.82, 2.24) is 5.32 Å². The minimum absolute atomic E-state index is 0.0144. The molecule has 0 aromatic heterocycles. The number of nitrogens with one attached hydrogen (secondary N) is 1. The molecule has 2 atom stereocenters. The summed E-state index contributed by atoms with van der Waals surface area (Å²) in [6.45, 7) is 9.36. The lowest BCUT2D eigenvalue weighted by atomic mass is 9.85. The van der Waals surface area contributed by atoms with Crippen LogP contribution in [0.25, 0.3) is 0 Å². The Kier molecular flexibility index (Phi) is 7.38. The highest BCUT2D eigenvalue weighted by Crippen LogP contribution is 2.37. The van der Waals surface area contributed by atoms with E-state index in [4.69, 9.17) is 14.2 Å². The Bertz CT molecular complexity index is 925. The molecule has 1 saturated heterocycles. The number of hydrogen-bond acceptors (Lipinski definition) is 6. The summed E-state index contributed by atoms with van der Waals surface area (Å²) >= 11 is 1.57. The van der Waals surface area contributed by atoms with Gasteiger partial charge < -0.3 is 19.3 Å². The van der Waals surface area contributed by atoms with Gasteiger partial charge in [0.25, 0.3) is 0 Å². The van der Waals surface area contributed by atoms with Crippen molar-refractivity contribution in [2.45, 2.75) is 44.5 Å². The smallest absolute Gasteiger partial charge is 0.321 e. The van der Waals surface area contributed by atoms with Crippen LogP contribution < -0.4 is 19.5 Å². The molecule has 0 amide bonds. The summed E-state index contributed by atoms with van der Waals surface area (Å²) in [5.74, 6) is 1.82. The summed E-state index contributed by atoms with van der Waals surface area (Å²) in [6, 6.07) is 11.4. The van der Waals surface area contributed by atoms with E-state index in [2.05, 4.69) is 45.1 Å². The highest BCUT2D eigenvalue weighted by atomic mass is 32.2. The Labute approximate surface area is 188 Å². The summed E-state index contributed by atoms with van der Waals surface area (Å²) < 4.78 is 17.4. The number of carboxylic acids is 1. The van der Waals surface area contributed by atoms with Crippen LogP contribution >= 0.6 is 11.8 Å². The predicted molar refractivity (Wildman–Crippen MR) is 124 cm³/mol. The molecule has 0 spiro atoms.